The highest BCUT2D eigenvalue weighted by Crippen LogP contribution is 2.52. The predicted molar refractivity (Wildman–Crippen MR) is 74.6 cm³/mol. The van der Waals surface area contributed by atoms with Crippen LogP contribution >= 0.6 is 11.8 Å². The molecule has 1 saturated carbocycles. The first-order chi connectivity index (χ1) is 9.01. The average Bonchev–Trinajstić information content (AvgIpc) is 3.06. The SMILES string of the molecule is CC(C)Oc1cccnc1SCC1(CC(=O)O)CC1. The van der Waals surface area contributed by atoms with Crippen molar-refractivity contribution in [2.45, 2.75) is 44.2 Å². The summed E-state index contributed by atoms with van der Waals surface area (Å²) >= 11 is 1.60. The number of hydrogen-bond acceptors (Lipinski definition) is 4. The number of carboxylic acids is 1. The number of carboxylic acid groups (broad SMARTS) is 1. The van der Waals surface area contributed by atoms with Crippen molar-refractivity contribution in [2.24, 2.45) is 5.41 Å². The number of nitrogens with zero attached hydrogens (tertiary/aromatic N) is 1. The fraction of sp³-hybridized carbons (Fsp3) is 0.571. The van der Waals surface area contributed by atoms with E-state index in [0.717, 1.165) is 29.4 Å². The maximum absolute atomic E-state index is 10.8. The molecule has 1 N–H and O–H groups in total. The van der Waals surface area contributed by atoms with E-state index in [2.05, 4.69) is 4.98 Å². The van der Waals surface area contributed by atoms with Crippen LogP contribution in [-0.2, 0) is 4.79 Å². The summed E-state index contributed by atoms with van der Waals surface area (Å²) in [4.78, 5) is 15.2. The Morgan fingerprint density at radius 3 is 2.89 bits per heavy atom. The molecule has 19 heavy (non-hydrogen) atoms. The minimum absolute atomic E-state index is 0.0247. The van der Waals surface area contributed by atoms with Crippen molar-refractivity contribution in [3.63, 3.8) is 0 Å². The summed E-state index contributed by atoms with van der Waals surface area (Å²) in [6.45, 7) is 3.96. The van der Waals surface area contributed by atoms with Crippen molar-refractivity contribution in [3.05, 3.63) is 18.3 Å². The molecule has 0 radical (unpaired) electrons. The Morgan fingerprint density at radius 2 is 2.32 bits per heavy atom. The van der Waals surface area contributed by atoms with Crippen LogP contribution < -0.4 is 4.74 Å². The lowest BCUT2D eigenvalue weighted by Gasteiger charge is -2.15. The van der Waals surface area contributed by atoms with Crippen LogP contribution in [0.25, 0.3) is 0 Å². The van der Waals surface area contributed by atoms with Gasteiger partial charge >= 0.3 is 5.97 Å². The summed E-state index contributed by atoms with van der Waals surface area (Å²) in [5.41, 5.74) is -0.0247. The van der Waals surface area contributed by atoms with Crippen LogP contribution in [0.3, 0.4) is 0 Å². The second-order valence-electron chi connectivity index (χ2n) is 5.33. The van der Waals surface area contributed by atoms with E-state index in [0.29, 0.717) is 0 Å². The highest BCUT2D eigenvalue weighted by molar-refractivity contribution is 7.99. The van der Waals surface area contributed by atoms with Gasteiger partial charge in [0.25, 0.3) is 0 Å². The Morgan fingerprint density at radius 1 is 1.58 bits per heavy atom. The zero-order valence-electron chi connectivity index (χ0n) is 11.3. The summed E-state index contributed by atoms with van der Waals surface area (Å²) in [5.74, 6) is 0.872. The molecule has 4 nitrogen and oxygen atoms in total. The molecule has 1 aliphatic rings. The van der Waals surface area contributed by atoms with Gasteiger partial charge in [0.15, 0.2) is 5.75 Å². The molecule has 0 aliphatic heterocycles. The van der Waals surface area contributed by atoms with Crippen LogP contribution in [0, 0.1) is 5.41 Å². The van der Waals surface area contributed by atoms with Crippen molar-refractivity contribution >= 4 is 17.7 Å². The predicted octanol–water partition coefficient (Wildman–Crippen LogP) is 3.22. The number of ether oxygens (including phenoxy) is 1. The first-order valence-corrected chi connectivity index (χ1v) is 7.46. The third-order valence-corrected chi connectivity index (χ3v) is 4.43. The van der Waals surface area contributed by atoms with Crippen molar-refractivity contribution < 1.29 is 14.6 Å². The molecule has 0 unspecified atom stereocenters. The summed E-state index contributed by atoms with van der Waals surface area (Å²) in [6, 6.07) is 3.76. The van der Waals surface area contributed by atoms with E-state index >= 15 is 0 Å². The van der Waals surface area contributed by atoms with Crippen LogP contribution in [0.2, 0.25) is 0 Å². The molecule has 0 spiro atoms. The second kappa shape index (κ2) is 5.82. The molecule has 0 aromatic carbocycles. The molecule has 5 heteroatoms. The number of carbonyl (C=O) groups is 1. The quantitative estimate of drug-likeness (QED) is 0.778. The standard InChI is InChI=1S/C14H19NO3S/c1-10(2)18-11-4-3-7-15-13(11)19-9-14(5-6-14)8-12(16)17/h3-4,7,10H,5-6,8-9H2,1-2H3,(H,16,17). The third-order valence-electron chi connectivity index (χ3n) is 3.10. The maximum atomic E-state index is 10.8. The molecule has 0 bridgehead atoms. The van der Waals surface area contributed by atoms with E-state index in [-0.39, 0.29) is 17.9 Å². The average molecular weight is 281 g/mol. The molecule has 1 heterocycles. The van der Waals surface area contributed by atoms with Gasteiger partial charge in [-0.05, 0) is 44.2 Å². The lowest BCUT2D eigenvalue weighted by atomic mass is 10.1. The van der Waals surface area contributed by atoms with Crippen LogP contribution in [0.4, 0.5) is 0 Å². The van der Waals surface area contributed by atoms with E-state index in [1.807, 2.05) is 26.0 Å². The van der Waals surface area contributed by atoms with Gasteiger partial charge in [-0.25, -0.2) is 4.98 Å². The Bertz CT molecular complexity index is 458. The van der Waals surface area contributed by atoms with E-state index < -0.39 is 5.97 Å². The fourth-order valence-electron chi connectivity index (χ4n) is 1.92. The first kappa shape index (κ1) is 14.2. The minimum atomic E-state index is -0.710. The number of aromatic nitrogens is 1. The number of rotatable bonds is 7. The van der Waals surface area contributed by atoms with E-state index in [1.54, 1.807) is 18.0 Å². The Kier molecular flexibility index (Phi) is 4.34. The number of hydrogen-bond donors (Lipinski definition) is 1. The van der Waals surface area contributed by atoms with Gasteiger partial charge in [-0.3, -0.25) is 4.79 Å². The molecule has 0 atom stereocenters. The van der Waals surface area contributed by atoms with Crippen LogP contribution in [0.15, 0.2) is 23.4 Å². The second-order valence-corrected chi connectivity index (χ2v) is 6.30. The minimum Gasteiger partial charge on any atom is -0.488 e. The molecule has 0 amide bonds. The van der Waals surface area contributed by atoms with Crippen LogP contribution in [0.1, 0.15) is 33.1 Å². The van der Waals surface area contributed by atoms with Crippen LogP contribution in [-0.4, -0.2) is 27.9 Å². The Labute approximate surface area is 117 Å². The molecular weight excluding hydrogens is 262 g/mol. The smallest absolute Gasteiger partial charge is 0.303 e. The fourth-order valence-corrected chi connectivity index (χ4v) is 3.15. The first-order valence-electron chi connectivity index (χ1n) is 6.47. The van der Waals surface area contributed by atoms with Gasteiger partial charge in [-0.1, -0.05) is 0 Å². The molecule has 2 rings (SSSR count). The summed E-state index contributed by atoms with van der Waals surface area (Å²) in [7, 11) is 0. The zero-order chi connectivity index (χ0) is 13.9. The van der Waals surface area contributed by atoms with Crippen molar-refractivity contribution in [2.75, 3.05) is 5.75 Å². The molecule has 1 aliphatic carbocycles. The molecule has 0 saturated heterocycles. The summed E-state index contributed by atoms with van der Waals surface area (Å²) in [5, 5.41) is 9.76. The maximum Gasteiger partial charge on any atom is 0.303 e. The molecule has 104 valence electrons. The summed E-state index contributed by atoms with van der Waals surface area (Å²) < 4.78 is 5.71. The largest absolute Gasteiger partial charge is 0.488 e. The third kappa shape index (κ3) is 4.13. The Balaban J connectivity index is 1.98. The molecule has 1 aromatic heterocycles. The van der Waals surface area contributed by atoms with Gasteiger partial charge in [0.2, 0.25) is 0 Å². The summed E-state index contributed by atoms with van der Waals surface area (Å²) in [6.07, 6.45) is 4.11. The Hall–Kier alpha value is -1.23. The lowest BCUT2D eigenvalue weighted by Crippen LogP contribution is -2.11. The van der Waals surface area contributed by atoms with Gasteiger partial charge in [0.05, 0.1) is 12.5 Å². The molecular formula is C14H19NO3S. The number of thioether (sulfide) groups is 1. The number of aliphatic carboxylic acids is 1. The van der Waals surface area contributed by atoms with Crippen LogP contribution in [0.5, 0.6) is 5.75 Å². The van der Waals surface area contributed by atoms with Gasteiger partial charge in [0, 0.05) is 11.9 Å². The monoisotopic (exact) mass is 281 g/mol. The molecule has 1 fully saturated rings. The zero-order valence-corrected chi connectivity index (χ0v) is 12.1. The van der Waals surface area contributed by atoms with Gasteiger partial charge in [-0.15, -0.1) is 11.8 Å². The van der Waals surface area contributed by atoms with Gasteiger partial charge in [-0.2, -0.15) is 0 Å². The van der Waals surface area contributed by atoms with Crippen molar-refractivity contribution in [3.8, 4) is 5.75 Å². The molecule has 1 aromatic rings. The van der Waals surface area contributed by atoms with Gasteiger partial charge in [0.1, 0.15) is 5.03 Å². The van der Waals surface area contributed by atoms with Crippen molar-refractivity contribution in [1.29, 1.82) is 0 Å². The lowest BCUT2D eigenvalue weighted by molar-refractivity contribution is -0.138. The van der Waals surface area contributed by atoms with Crippen molar-refractivity contribution in [1.82, 2.24) is 4.98 Å². The van der Waals surface area contributed by atoms with E-state index in [9.17, 15) is 4.79 Å². The van der Waals surface area contributed by atoms with Gasteiger partial charge < -0.3 is 9.84 Å². The normalized spacial score (nSPS) is 16.4. The number of pyridine rings is 1. The highest BCUT2D eigenvalue weighted by atomic mass is 32.2. The van der Waals surface area contributed by atoms with E-state index in [1.165, 1.54) is 0 Å². The topological polar surface area (TPSA) is 59.4 Å². The highest BCUT2D eigenvalue weighted by Gasteiger charge is 2.44. The van der Waals surface area contributed by atoms with E-state index in [4.69, 9.17) is 9.84 Å².